The molecule has 0 unspecified atom stereocenters. The van der Waals surface area contributed by atoms with Gasteiger partial charge in [0, 0.05) is 29.7 Å². The lowest BCUT2D eigenvalue weighted by Crippen LogP contribution is -2.46. The van der Waals surface area contributed by atoms with Gasteiger partial charge in [-0.15, -0.1) is 0 Å². The number of rotatable bonds is 13. The van der Waals surface area contributed by atoms with Crippen molar-refractivity contribution >= 4 is 51.9 Å². The number of benzene rings is 6. The number of fused-ring (bicyclic) bond motifs is 2. The van der Waals surface area contributed by atoms with Crippen LogP contribution in [0, 0.1) is 17.5 Å². The molecule has 2 aromatic heterocycles. The molecule has 65 heavy (non-hydrogen) atoms. The molecule has 8 rings (SSSR count). The van der Waals surface area contributed by atoms with E-state index in [0.717, 1.165) is 32.5 Å². The highest BCUT2D eigenvalue weighted by Gasteiger charge is 2.34. The lowest BCUT2D eigenvalue weighted by Gasteiger charge is -2.25. The number of furan rings is 2. The summed E-state index contributed by atoms with van der Waals surface area (Å²) in [7, 11) is 1.17. The summed E-state index contributed by atoms with van der Waals surface area (Å²) in [6.07, 6.45) is -1.88. The molecule has 0 saturated carbocycles. The van der Waals surface area contributed by atoms with Crippen molar-refractivity contribution in [1.29, 1.82) is 0 Å². The van der Waals surface area contributed by atoms with Gasteiger partial charge in [-0.05, 0) is 100 Å². The van der Waals surface area contributed by atoms with E-state index in [1.54, 1.807) is 36.4 Å². The molecular formula is C50H39F3N2O10. The third-order valence-electron chi connectivity index (χ3n) is 10.2. The smallest absolute Gasteiger partial charge is 0.417 e. The van der Waals surface area contributed by atoms with E-state index in [2.05, 4.69) is 5.32 Å². The fourth-order valence-electron chi connectivity index (χ4n) is 6.93. The molecule has 3 N–H and O–H groups in total. The summed E-state index contributed by atoms with van der Waals surface area (Å²) >= 11 is 0. The second-order valence-corrected chi connectivity index (χ2v) is 14.6. The van der Waals surface area contributed by atoms with E-state index in [1.165, 1.54) is 67.8 Å². The first-order chi connectivity index (χ1) is 31.3. The van der Waals surface area contributed by atoms with E-state index in [0.29, 0.717) is 33.4 Å². The highest BCUT2D eigenvalue weighted by atomic mass is 19.1. The van der Waals surface area contributed by atoms with Gasteiger partial charge < -0.3 is 33.8 Å². The number of carbonyl (C=O) groups excluding carboxylic acids is 2. The second-order valence-electron chi connectivity index (χ2n) is 14.6. The molecule has 0 aliphatic heterocycles. The summed E-state index contributed by atoms with van der Waals surface area (Å²) in [6, 6.07) is 38.5. The maximum Gasteiger partial charge on any atom is 0.417 e. The summed E-state index contributed by atoms with van der Waals surface area (Å²) in [4.78, 5) is 49.3. The Kier molecular flexibility index (Phi) is 13.9. The number of carbonyl (C=O) groups is 4. The van der Waals surface area contributed by atoms with Crippen LogP contribution in [0.4, 0.5) is 28.6 Å². The molecule has 330 valence electrons. The zero-order chi connectivity index (χ0) is 46.0. The van der Waals surface area contributed by atoms with E-state index >= 15 is 0 Å². The summed E-state index contributed by atoms with van der Waals surface area (Å²) in [6.45, 7) is -0.199. The van der Waals surface area contributed by atoms with Crippen LogP contribution in [-0.2, 0) is 38.5 Å². The Morgan fingerprint density at radius 3 is 1.66 bits per heavy atom. The van der Waals surface area contributed by atoms with Crippen molar-refractivity contribution in [3.05, 3.63) is 186 Å². The van der Waals surface area contributed by atoms with Crippen LogP contribution in [-0.4, -0.2) is 53.5 Å². The molecule has 2 heterocycles. The number of methoxy groups -OCH3 is 1. The molecule has 2 atom stereocenters. The number of ether oxygens (including phenoxy) is 2. The summed E-state index contributed by atoms with van der Waals surface area (Å²) in [5.41, 5.74) is 5.88. The van der Waals surface area contributed by atoms with Crippen molar-refractivity contribution < 1.29 is 60.9 Å². The summed E-state index contributed by atoms with van der Waals surface area (Å²) in [5, 5.41) is 23.0. The second kappa shape index (κ2) is 20.2. The number of nitrogens with zero attached hydrogens (tertiary/aromatic N) is 1. The molecule has 15 heteroatoms. The normalized spacial score (nSPS) is 11.8. The van der Waals surface area contributed by atoms with Gasteiger partial charge in [-0.3, -0.25) is 0 Å². The van der Waals surface area contributed by atoms with E-state index < -0.39 is 47.8 Å². The van der Waals surface area contributed by atoms with Crippen LogP contribution in [0.15, 0.2) is 160 Å². The van der Waals surface area contributed by atoms with Gasteiger partial charge in [0.25, 0.3) is 0 Å². The van der Waals surface area contributed by atoms with Crippen LogP contribution < -0.4 is 10.2 Å². The van der Waals surface area contributed by atoms with Gasteiger partial charge >= 0.3 is 24.1 Å². The van der Waals surface area contributed by atoms with Crippen molar-refractivity contribution in [2.24, 2.45) is 0 Å². The van der Waals surface area contributed by atoms with Crippen molar-refractivity contribution in [3.8, 4) is 22.3 Å². The number of carboxylic acid groups (broad SMARTS) is 2. The van der Waals surface area contributed by atoms with E-state index in [9.17, 15) is 42.6 Å². The van der Waals surface area contributed by atoms with Crippen molar-refractivity contribution in [3.63, 3.8) is 0 Å². The van der Waals surface area contributed by atoms with Gasteiger partial charge in [0.2, 0.25) is 5.88 Å². The highest BCUT2D eigenvalue weighted by molar-refractivity contribution is 5.97. The lowest BCUT2D eigenvalue weighted by molar-refractivity contribution is -0.139. The van der Waals surface area contributed by atoms with Gasteiger partial charge in [-0.2, -0.15) is 0 Å². The fraction of sp³-hybridized carbons (Fsp3) is 0.120. The quantitative estimate of drug-likeness (QED) is 0.101. The zero-order valence-electron chi connectivity index (χ0n) is 34.5. The third-order valence-corrected chi connectivity index (χ3v) is 10.2. The molecule has 6 aromatic carbocycles. The van der Waals surface area contributed by atoms with Crippen LogP contribution in [0.2, 0.25) is 0 Å². The number of halogens is 3. The molecule has 0 aliphatic rings. The number of hydrogen-bond donors (Lipinski definition) is 3. The predicted octanol–water partition coefficient (Wildman–Crippen LogP) is 10.8. The first-order valence-electron chi connectivity index (χ1n) is 20.0. The first kappa shape index (κ1) is 44.7. The van der Waals surface area contributed by atoms with Crippen LogP contribution >= 0.6 is 0 Å². The Morgan fingerprint density at radius 2 is 1.11 bits per heavy atom. The van der Waals surface area contributed by atoms with Crippen molar-refractivity contribution in [1.82, 2.24) is 5.32 Å². The number of aliphatic carboxylic acids is 2. The lowest BCUT2D eigenvalue weighted by atomic mass is 10.0. The maximum absolute atomic E-state index is 13.2. The van der Waals surface area contributed by atoms with Crippen molar-refractivity contribution in [2.75, 3.05) is 12.0 Å². The third kappa shape index (κ3) is 11.4. The van der Waals surface area contributed by atoms with E-state index in [4.69, 9.17) is 18.3 Å². The fourth-order valence-corrected chi connectivity index (χ4v) is 6.93. The Labute approximate surface area is 369 Å². The Bertz CT molecular complexity index is 2940. The number of anilines is 1. The average molecular weight is 885 g/mol. The molecule has 0 fully saturated rings. The molecule has 12 nitrogen and oxygen atoms in total. The summed E-state index contributed by atoms with van der Waals surface area (Å²) < 4.78 is 60.9. The summed E-state index contributed by atoms with van der Waals surface area (Å²) in [5.74, 6) is -3.25. The monoisotopic (exact) mass is 884 g/mol. The number of nitrogens with one attached hydrogen (secondary N) is 1. The van der Waals surface area contributed by atoms with Crippen LogP contribution in [0.3, 0.4) is 0 Å². The molecule has 0 radical (unpaired) electrons. The number of alkyl carbamates (subject to hydrolysis) is 1. The standard InChI is InChI=1S/C25H19F2NO5.C25H20FNO5/c26-19-6-1-15(2-7-19)11-22(24(29)30)28-25(31)32-14-21-13-18-12-17(5-10-23(18)33-21)16-3-8-20(27)9-4-16;1-31-25(30)27(21(24(28)29)13-16-7-10-20(26)11-8-16)23-15-19-14-18(9-12-22(19)32-23)17-5-3-2-4-6-17/h1-10,12-13,22H,11,14H2,(H,28,31)(H,29,30);2-12,14-15,21H,13H2,1H3,(H,28,29)/t22-;21-/m11/s1. The minimum atomic E-state index is -1.32. The Morgan fingerprint density at radius 1 is 0.600 bits per heavy atom. The zero-order valence-corrected chi connectivity index (χ0v) is 34.5. The Balaban J connectivity index is 0.000000194. The molecule has 0 spiro atoms. The molecule has 8 aromatic rings. The van der Waals surface area contributed by atoms with Gasteiger partial charge in [0.15, 0.2) is 6.61 Å². The minimum absolute atomic E-state index is 0.0263. The number of hydrogen-bond acceptors (Lipinski definition) is 8. The van der Waals surface area contributed by atoms with Gasteiger partial charge in [-0.1, -0.05) is 78.9 Å². The topological polar surface area (TPSA) is 169 Å². The molecule has 2 amide bonds. The van der Waals surface area contributed by atoms with Gasteiger partial charge in [0.1, 0.15) is 46.5 Å². The average Bonchev–Trinajstić information content (AvgIpc) is 3.93. The Hall–Kier alpha value is -8.33. The first-order valence-corrected chi connectivity index (χ1v) is 20.0. The highest BCUT2D eigenvalue weighted by Crippen LogP contribution is 2.33. The van der Waals surface area contributed by atoms with Gasteiger partial charge in [0.05, 0.1) is 7.11 Å². The van der Waals surface area contributed by atoms with Crippen LogP contribution in [0.25, 0.3) is 44.2 Å². The molecule has 0 aliphatic carbocycles. The molecule has 0 saturated heterocycles. The predicted molar refractivity (Wildman–Crippen MR) is 235 cm³/mol. The number of carboxylic acids is 2. The SMILES string of the molecule is COC(=O)N(c1cc2cc(-c3ccccc3)ccc2o1)[C@H](Cc1ccc(F)cc1)C(=O)O.O=C(N[C@H](Cc1ccc(F)cc1)C(=O)O)OCc1cc2cc(-c3ccc(F)cc3)ccc2o1. The van der Waals surface area contributed by atoms with E-state index in [-0.39, 0.29) is 31.1 Å². The van der Waals surface area contributed by atoms with Crippen LogP contribution in [0.1, 0.15) is 16.9 Å². The van der Waals surface area contributed by atoms with Crippen LogP contribution in [0.5, 0.6) is 0 Å². The minimum Gasteiger partial charge on any atom is -0.480 e. The molecular weight excluding hydrogens is 846 g/mol. The largest absolute Gasteiger partial charge is 0.480 e. The molecule has 0 bridgehead atoms. The van der Waals surface area contributed by atoms with Gasteiger partial charge in [-0.25, -0.2) is 37.2 Å². The number of amides is 2. The van der Waals surface area contributed by atoms with Crippen molar-refractivity contribution in [2.45, 2.75) is 31.5 Å². The van der Waals surface area contributed by atoms with E-state index in [1.807, 2.05) is 54.6 Å². The maximum atomic E-state index is 13.2.